The summed E-state index contributed by atoms with van der Waals surface area (Å²) in [4.78, 5) is 22.7. The van der Waals surface area contributed by atoms with Crippen LogP contribution in [-0.4, -0.2) is 156 Å². The molecule has 0 unspecified atom stereocenters. The van der Waals surface area contributed by atoms with Crippen LogP contribution in [0.15, 0.2) is 0 Å². The first-order chi connectivity index (χ1) is 32.5. The van der Waals surface area contributed by atoms with Crippen LogP contribution >= 0.6 is 0 Å². The van der Waals surface area contributed by atoms with Gasteiger partial charge in [0.15, 0.2) is 13.2 Å². The van der Waals surface area contributed by atoms with E-state index in [-0.39, 0.29) is 0 Å². The van der Waals surface area contributed by atoms with Crippen molar-refractivity contribution in [2.75, 3.05) is 13.2 Å². The second kappa shape index (κ2) is 18.6. The van der Waals surface area contributed by atoms with E-state index in [4.69, 9.17) is 0 Å². The molecule has 0 N–H and O–H groups in total. The van der Waals surface area contributed by atoms with Gasteiger partial charge < -0.3 is 9.47 Å². The number of esters is 2. The standard InChI is InChI=1S/C27H6F46O4/c28-6(29,8(32,33)10(36,37)12(40,41)14(44,45)16(48,49)18(52,53)20(56,57)22(60,61)24(64,65)26(68,69)70)2-76-4(74)1-5(75)77-3-7(30,31)9(34,35)11(38,39)13(42,43)15(46,47)17(50,51)19(54,55)21(58,59)23(62,63)25(66,67)27(71,72)73/h1-3H2. The van der Waals surface area contributed by atoms with Gasteiger partial charge in [-0.3, -0.25) is 9.59 Å². The highest BCUT2D eigenvalue weighted by Gasteiger charge is 3.01. The van der Waals surface area contributed by atoms with Crippen LogP contribution in [0.5, 0.6) is 0 Å². The number of carbonyl (C=O) groups is 2. The second-order valence-corrected chi connectivity index (χ2v) is 14.2. The van der Waals surface area contributed by atoms with E-state index in [1.807, 2.05) is 0 Å². The molecule has 0 saturated carbocycles. The van der Waals surface area contributed by atoms with Gasteiger partial charge in [0.05, 0.1) is 0 Å². The van der Waals surface area contributed by atoms with Gasteiger partial charge in [-0.05, 0) is 0 Å². The molecule has 0 atom stereocenters. The van der Waals surface area contributed by atoms with Crippen LogP contribution in [-0.2, 0) is 19.1 Å². The van der Waals surface area contributed by atoms with Gasteiger partial charge in [-0.25, -0.2) is 0 Å². The molecule has 77 heavy (non-hydrogen) atoms. The largest absolute Gasteiger partial charge is 0.460 e. The summed E-state index contributed by atoms with van der Waals surface area (Å²) in [7, 11) is 0. The second-order valence-electron chi connectivity index (χ2n) is 14.2. The van der Waals surface area contributed by atoms with Gasteiger partial charge in [0.2, 0.25) is 0 Å². The molecule has 0 fully saturated rings. The summed E-state index contributed by atoms with van der Waals surface area (Å²) in [6.45, 7) is -9.01. The number of alkyl halides is 46. The monoisotopic (exact) mass is 1270 g/mol. The Bertz CT molecular complexity index is 1990. The molecule has 460 valence electrons. The fourth-order valence-corrected chi connectivity index (χ4v) is 4.32. The highest BCUT2D eigenvalue weighted by molar-refractivity contribution is 5.91. The lowest BCUT2D eigenvalue weighted by Gasteiger charge is -2.45. The number of hydrogen-bond donors (Lipinski definition) is 0. The maximum Gasteiger partial charge on any atom is 0.460 e. The Hall–Kier alpha value is -4.28. The average Bonchev–Trinajstić information content (AvgIpc) is 3.19. The molecule has 0 saturated heterocycles. The summed E-state index contributed by atoms with van der Waals surface area (Å²) >= 11 is 0. The van der Waals surface area contributed by atoms with Gasteiger partial charge >= 0.3 is 143 Å². The van der Waals surface area contributed by atoms with Crippen molar-refractivity contribution >= 4 is 11.9 Å². The number of halogens is 46. The molecule has 0 aliphatic rings. The van der Waals surface area contributed by atoms with Crippen LogP contribution in [0.25, 0.3) is 0 Å². The Morgan fingerprint density at radius 2 is 0.312 bits per heavy atom. The zero-order chi connectivity index (χ0) is 63.7. The van der Waals surface area contributed by atoms with Gasteiger partial charge in [0, 0.05) is 0 Å². The van der Waals surface area contributed by atoms with E-state index in [1.165, 1.54) is 0 Å². The van der Waals surface area contributed by atoms with E-state index in [9.17, 15) is 212 Å². The fraction of sp³-hybridized carbons (Fsp3) is 0.926. The molecule has 0 aromatic rings. The molecule has 50 heteroatoms. The lowest BCUT2D eigenvalue weighted by Crippen LogP contribution is -2.77. The van der Waals surface area contributed by atoms with Gasteiger partial charge in [0.25, 0.3) is 0 Å². The van der Waals surface area contributed by atoms with Crippen LogP contribution in [0.2, 0.25) is 0 Å². The van der Waals surface area contributed by atoms with E-state index in [1.54, 1.807) is 0 Å². The Labute approximate surface area is 384 Å². The molecular weight excluding hydrogens is 1260 g/mol. The fourth-order valence-electron chi connectivity index (χ4n) is 4.32. The first-order valence-corrected chi connectivity index (χ1v) is 16.5. The van der Waals surface area contributed by atoms with Crippen LogP contribution in [0.1, 0.15) is 6.42 Å². The normalized spacial score (nSPS) is 16.7. The van der Waals surface area contributed by atoms with Crippen molar-refractivity contribution in [3.05, 3.63) is 0 Å². The van der Waals surface area contributed by atoms with Crippen molar-refractivity contribution in [1.82, 2.24) is 0 Å². The van der Waals surface area contributed by atoms with Crippen LogP contribution < -0.4 is 0 Å². The molecule has 0 rings (SSSR count). The number of carbonyl (C=O) groups excluding carboxylic acids is 2. The summed E-state index contributed by atoms with van der Waals surface area (Å²) in [6.07, 6.45) is -20.2. The number of rotatable bonds is 24. The van der Waals surface area contributed by atoms with Crippen LogP contribution in [0.3, 0.4) is 0 Å². The highest BCUT2D eigenvalue weighted by atomic mass is 19.5. The molecule has 0 aromatic heterocycles. The predicted octanol–water partition coefficient (Wildman–Crippen LogP) is 14.3. The van der Waals surface area contributed by atoms with Crippen LogP contribution in [0, 0.1) is 0 Å². The quantitative estimate of drug-likeness (QED) is 0.0549. The zero-order valence-electron chi connectivity index (χ0n) is 33.1. The van der Waals surface area contributed by atoms with Crippen molar-refractivity contribution < 1.29 is 221 Å². The Morgan fingerprint density at radius 1 is 0.195 bits per heavy atom. The summed E-state index contributed by atoms with van der Waals surface area (Å²) in [5, 5.41) is 0. The lowest BCUT2D eigenvalue weighted by atomic mass is 9.85. The molecule has 0 heterocycles. The third kappa shape index (κ3) is 9.48. The zero-order valence-corrected chi connectivity index (χ0v) is 33.1. The van der Waals surface area contributed by atoms with Gasteiger partial charge in [-0.15, -0.1) is 0 Å². The minimum Gasteiger partial charge on any atom is -0.459 e. The van der Waals surface area contributed by atoms with Gasteiger partial charge in [-0.2, -0.15) is 202 Å². The molecule has 0 aromatic carbocycles. The SMILES string of the molecule is O=C(CC(=O)OCC(F)(F)C(F)(F)C(F)(F)C(F)(F)C(F)(F)C(F)(F)C(F)(F)C(F)(F)C(F)(F)C(F)(F)C(F)(F)F)OCC(F)(F)C(F)(F)C(F)(F)C(F)(F)C(F)(F)C(F)(F)C(F)(F)C(F)(F)C(F)(F)C(F)(F)C(F)(F)F. The molecule has 0 spiro atoms. The minimum absolute atomic E-state index is 2.58. The molecule has 0 amide bonds. The number of hydrogen-bond acceptors (Lipinski definition) is 4. The van der Waals surface area contributed by atoms with E-state index in [0.717, 1.165) is 0 Å². The predicted molar refractivity (Wildman–Crippen MR) is 138 cm³/mol. The molecule has 0 radical (unpaired) electrons. The van der Waals surface area contributed by atoms with E-state index < -0.39 is 162 Å². The highest BCUT2D eigenvalue weighted by Crippen LogP contribution is 2.69. The summed E-state index contributed by atoms with van der Waals surface area (Å²) < 4.78 is 626. The van der Waals surface area contributed by atoms with E-state index >= 15 is 0 Å². The summed E-state index contributed by atoms with van der Waals surface area (Å²) in [5.41, 5.74) is 0. The molecular formula is C27H6F46O4. The smallest absolute Gasteiger partial charge is 0.459 e. The minimum atomic E-state index is -9.91. The Balaban J connectivity index is 6.79. The Morgan fingerprint density at radius 3 is 0.442 bits per heavy atom. The van der Waals surface area contributed by atoms with Crippen molar-refractivity contribution in [2.24, 2.45) is 0 Å². The lowest BCUT2D eigenvalue weighted by molar-refractivity contribution is -0.478. The van der Waals surface area contributed by atoms with E-state index in [0.29, 0.717) is 0 Å². The first-order valence-electron chi connectivity index (χ1n) is 16.5. The van der Waals surface area contributed by atoms with Crippen LogP contribution in [0.4, 0.5) is 202 Å². The average molecular weight is 1270 g/mol. The van der Waals surface area contributed by atoms with Crippen molar-refractivity contribution in [3.8, 4) is 0 Å². The first kappa shape index (κ1) is 72.7. The third-order valence-electron chi connectivity index (χ3n) is 9.06. The van der Waals surface area contributed by atoms with Gasteiger partial charge in [-0.1, -0.05) is 0 Å². The summed E-state index contributed by atoms with van der Waals surface area (Å²) in [6, 6.07) is 0. The Kier molecular flexibility index (Phi) is 17.6. The van der Waals surface area contributed by atoms with E-state index in [2.05, 4.69) is 9.47 Å². The molecule has 0 aliphatic heterocycles. The topological polar surface area (TPSA) is 52.6 Å². The summed E-state index contributed by atoms with van der Waals surface area (Å²) in [5.74, 6) is -195. The maximum atomic E-state index is 14.0. The third-order valence-corrected chi connectivity index (χ3v) is 9.06. The van der Waals surface area contributed by atoms with Crippen molar-refractivity contribution in [1.29, 1.82) is 0 Å². The molecule has 0 bridgehead atoms. The number of ether oxygens (including phenoxy) is 2. The van der Waals surface area contributed by atoms with Gasteiger partial charge in [0.1, 0.15) is 6.42 Å². The maximum absolute atomic E-state index is 14.0. The molecule has 4 nitrogen and oxygen atoms in total. The van der Waals surface area contributed by atoms with Crippen molar-refractivity contribution in [3.63, 3.8) is 0 Å². The van der Waals surface area contributed by atoms with Crippen molar-refractivity contribution in [2.45, 2.75) is 137 Å². The molecule has 0 aliphatic carbocycles.